The second kappa shape index (κ2) is 8.34. The summed E-state index contributed by atoms with van der Waals surface area (Å²) in [5.41, 5.74) is 5.31. The fourth-order valence-corrected chi connectivity index (χ4v) is 1.70. The molecule has 0 aliphatic heterocycles. The monoisotopic (exact) mass is 207 g/mol. The Balaban J connectivity index is 3.11. The molecule has 0 saturated carbocycles. The minimum absolute atomic E-state index is 0.488. The van der Waals surface area contributed by atoms with Crippen molar-refractivity contribution in [1.82, 2.24) is 0 Å². The molecule has 0 radical (unpaired) electrons. The lowest BCUT2D eigenvalue weighted by atomic mass is 10.4. The summed E-state index contributed by atoms with van der Waals surface area (Å²) in [4.78, 5) is 10.3. The summed E-state index contributed by atoms with van der Waals surface area (Å²) in [6.07, 6.45) is 2.07. The van der Waals surface area contributed by atoms with Gasteiger partial charge in [0.15, 0.2) is 0 Å². The van der Waals surface area contributed by atoms with Gasteiger partial charge in [-0.3, -0.25) is 4.79 Å². The first-order valence-corrected chi connectivity index (χ1v) is 5.39. The lowest BCUT2D eigenvalue weighted by Crippen LogP contribution is -2.32. The normalized spacial score (nSPS) is 12.8. The molecule has 0 aliphatic rings. The SMILES string of the molecule is COCCCCSC[C@H](N)C(=O)O. The van der Waals surface area contributed by atoms with Gasteiger partial charge >= 0.3 is 5.97 Å². The standard InChI is InChI=1S/C8H17NO3S/c1-12-4-2-3-5-13-6-7(9)8(10)11/h7H,2-6,9H2,1H3,(H,10,11)/t7-/m0/s1. The Morgan fingerprint density at radius 3 is 2.85 bits per heavy atom. The molecule has 0 heterocycles. The van der Waals surface area contributed by atoms with Crippen LogP contribution in [0.2, 0.25) is 0 Å². The number of rotatable bonds is 8. The number of hydrogen-bond donors (Lipinski definition) is 2. The van der Waals surface area contributed by atoms with Crippen molar-refractivity contribution in [3.8, 4) is 0 Å². The summed E-state index contributed by atoms with van der Waals surface area (Å²) < 4.78 is 4.88. The molecule has 0 amide bonds. The average Bonchev–Trinajstić information content (AvgIpc) is 2.10. The summed E-state index contributed by atoms with van der Waals surface area (Å²) in [6.45, 7) is 0.769. The maximum atomic E-state index is 10.3. The summed E-state index contributed by atoms with van der Waals surface area (Å²) in [7, 11) is 1.67. The lowest BCUT2D eigenvalue weighted by molar-refractivity contribution is -0.137. The highest BCUT2D eigenvalue weighted by Gasteiger charge is 2.09. The molecule has 0 aromatic heterocycles. The molecule has 0 aliphatic carbocycles. The van der Waals surface area contributed by atoms with Crippen LogP contribution in [-0.2, 0) is 9.53 Å². The number of carboxylic acid groups (broad SMARTS) is 1. The van der Waals surface area contributed by atoms with Gasteiger partial charge in [-0.1, -0.05) is 0 Å². The number of nitrogens with two attached hydrogens (primary N) is 1. The van der Waals surface area contributed by atoms with Crippen molar-refractivity contribution in [2.75, 3.05) is 25.2 Å². The summed E-state index contributed by atoms with van der Waals surface area (Å²) in [5, 5.41) is 8.46. The van der Waals surface area contributed by atoms with Crippen LogP contribution < -0.4 is 5.73 Å². The molecule has 0 spiro atoms. The molecule has 0 fully saturated rings. The second-order valence-electron chi connectivity index (χ2n) is 2.72. The molecular formula is C8H17NO3S. The third-order valence-corrected chi connectivity index (χ3v) is 2.67. The fraction of sp³-hybridized carbons (Fsp3) is 0.875. The smallest absolute Gasteiger partial charge is 0.321 e. The Morgan fingerprint density at radius 1 is 1.62 bits per heavy atom. The number of carbonyl (C=O) groups is 1. The van der Waals surface area contributed by atoms with E-state index in [1.54, 1.807) is 18.9 Å². The molecule has 3 N–H and O–H groups in total. The van der Waals surface area contributed by atoms with Crippen molar-refractivity contribution in [2.24, 2.45) is 5.73 Å². The number of hydrogen-bond acceptors (Lipinski definition) is 4. The van der Waals surface area contributed by atoms with Crippen molar-refractivity contribution in [3.63, 3.8) is 0 Å². The number of thioether (sulfide) groups is 1. The first-order valence-electron chi connectivity index (χ1n) is 4.23. The van der Waals surface area contributed by atoms with Crippen LogP contribution in [0.1, 0.15) is 12.8 Å². The number of unbranched alkanes of at least 4 members (excludes halogenated alkanes) is 1. The average molecular weight is 207 g/mol. The van der Waals surface area contributed by atoms with E-state index < -0.39 is 12.0 Å². The van der Waals surface area contributed by atoms with Crippen molar-refractivity contribution < 1.29 is 14.6 Å². The van der Waals surface area contributed by atoms with E-state index in [1.165, 1.54) is 0 Å². The molecule has 0 bridgehead atoms. The largest absolute Gasteiger partial charge is 0.480 e. The van der Waals surface area contributed by atoms with Gasteiger partial charge in [-0.25, -0.2) is 0 Å². The summed E-state index contributed by atoms with van der Waals surface area (Å²) in [6, 6.07) is -0.729. The zero-order valence-electron chi connectivity index (χ0n) is 7.86. The molecule has 0 unspecified atom stereocenters. The molecule has 13 heavy (non-hydrogen) atoms. The van der Waals surface area contributed by atoms with Gasteiger partial charge in [0.05, 0.1) is 0 Å². The molecule has 0 aromatic carbocycles. The number of carboxylic acids is 1. The van der Waals surface area contributed by atoms with Crippen LogP contribution in [-0.4, -0.2) is 42.3 Å². The highest BCUT2D eigenvalue weighted by atomic mass is 32.2. The lowest BCUT2D eigenvalue weighted by Gasteiger charge is -2.05. The predicted molar refractivity (Wildman–Crippen MR) is 54.0 cm³/mol. The van der Waals surface area contributed by atoms with E-state index in [9.17, 15) is 4.79 Å². The Hall–Kier alpha value is -0.260. The second-order valence-corrected chi connectivity index (χ2v) is 3.87. The third-order valence-electron chi connectivity index (χ3n) is 1.50. The van der Waals surface area contributed by atoms with Crippen LogP contribution in [0.4, 0.5) is 0 Å². The number of ether oxygens (including phenoxy) is 1. The van der Waals surface area contributed by atoms with Crippen molar-refractivity contribution in [2.45, 2.75) is 18.9 Å². The van der Waals surface area contributed by atoms with Crippen LogP contribution in [0.5, 0.6) is 0 Å². The third kappa shape index (κ3) is 8.08. The Bertz CT molecular complexity index is 143. The molecule has 0 rings (SSSR count). The highest BCUT2D eigenvalue weighted by molar-refractivity contribution is 7.99. The molecular weight excluding hydrogens is 190 g/mol. The molecule has 0 aromatic rings. The molecule has 4 nitrogen and oxygen atoms in total. The zero-order chi connectivity index (χ0) is 10.1. The first kappa shape index (κ1) is 12.7. The minimum Gasteiger partial charge on any atom is -0.480 e. The topological polar surface area (TPSA) is 72.5 Å². The van der Waals surface area contributed by atoms with Crippen molar-refractivity contribution in [3.05, 3.63) is 0 Å². The van der Waals surface area contributed by atoms with Gasteiger partial charge in [0.1, 0.15) is 6.04 Å². The molecule has 0 saturated heterocycles. The van der Waals surface area contributed by atoms with Gasteiger partial charge in [0.25, 0.3) is 0 Å². The first-order chi connectivity index (χ1) is 6.18. The van der Waals surface area contributed by atoms with Gasteiger partial charge in [-0.2, -0.15) is 11.8 Å². The Labute approximate surface area is 82.8 Å². The zero-order valence-corrected chi connectivity index (χ0v) is 8.68. The van der Waals surface area contributed by atoms with Crippen molar-refractivity contribution in [1.29, 1.82) is 0 Å². The Kier molecular flexibility index (Phi) is 8.18. The van der Waals surface area contributed by atoms with E-state index in [0.29, 0.717) is 5.75 Å². The van der Waals surface area contributed by atoms with Crippen LogP contribution in [0.3, 0.4) is 0 Å². The van der Waals surface area contributed by atoms with Crippen LogP contribution in [0.15, 0.2) is 0 Å². The Morgan fingerprint density at radius 2 is 2.31 bits per heavy atom. The van der Waals surface area contributed by atoms with E-state index in [2.05, 4.69) is 0 Å². The van der Waals surface area contributed by atoms with Crippen LogP contribution in [0, 0.1) is 0 Å². The van der Waals surface area contributed by atoms with Gasteiger partial charge in [-0.05, 0) is 18.6 Å². The molecule has 5 heteroatoms. The van der Waals surface area contributed by atoms with Crippen LogP contribution >= 0.6 is 11.8 Å². The highest BCUT2D eigenvalue weighted by Crippen LogP contribution is 2.05. The van der Waals surface area contributed by atoms with E-state index in [1.807, 2.05) is 0 Å². The quantitative estimate of drug-likeness (QED) is 0.569. The van der Waals surface area contributed by atoms with Crippen LogP contribution in [0.25, 0.3) is 0 Å². The van der Waals surface area contributed by atoms with E-state index in [0.717, 1.165) is 25.2 Å². The number of aliphatic carboxylic acids is 1. The van der Waals surface area contributed by atoms with Crippen molar-refractivity contribution >= 4 is 17.7 Å². The minimum atomic E-state index is -0.926. The maximum absolute atomic E-state index is 10.3. The molecule has 78 valence electrons. The van der Waals surface area contributed by atoms with Gasteiger partial charge < -0.3 is 15.6 Å². The van der Waals surface area contributed by atoms with E-state index in [4.69, 9.17) is 15.6 Å². The molecule has 1 atom stereocenters. The fourth-order valence-electron chi connectivity index (χ4n) is 0.732. The van der Waals surface area contributed by atoms with Gasteiger partial charge in [0, 0.05) is 19.5 Å². The predicted octanol–water partition coefficient (Wildman–Crippen LogP) is 0.558. The van der Waals surface area contributed by atoms with Gasteiger partial charge in [-0.15, -0.1) is 0 Å². The van der Waals surface area contributed by atoms with E-state index in [-0.39, 0.29) is 0 Å². The summed E-state index contributed by atoms with van der Waals surface area (Å²) >= 11 is 1.58. The van der Waals surface area contributed by atoms with Gasteiger partial charge in [0.2, 0.25) is 0 Å². The maximum Gasteiger partial charge on any atom is 0.321 e. The number of methoxy groups -OCH3 is 1. The van der Waals surface area contributed by atoms with E-state index >= 15 is 0 Å². The summed E-state index contributed by atoms with van der Waals surface area (Å²) in [5.74, 6) is 0.511.